The Hall–Kier alpha value is -1.31. The predicted molar refractivity (Wildman–Crippen MR) is 57.9 cm³/mol. The fourth-order valence-corrected chi connectivity index (χ4v) is 2.01. The molecule has 0 spiro atoms. The quantitative estimate of drug-likeness (QED) is 0.666. The number of ketones is 1. The summed E-state index contributed by atoms with van der Waals surface area (Å²) in [6.45, 7) is 3.81. The lowest BCUT2D eigenvalue weighted by atomic mass is 10.1. The largest absolute Gasteiger partial charge is 0.371 e. The molecular formula is C12H15NO. The van der Waals surface area contributed by atoms with E-state index in [2.05, 4.69) is 4.90 Å². The van der Waals surface area contributed by atoms with Crippen LogP contribution in [0.1, 0.15) is 30.1 Å². The van der Waals surface area contributed by atoms with Crippen LogP contribution in [0.15, 0.2) is 24.3 Å². The van der Waals surface area contributed by atoms with Gasteiger partial charge in [0.1, 0.15) is 0 Å². The van der Waals surface area contributed by atoms with Crippen LogP contribution in [0.5, 0.6) is 0 Å². The summed E-state index contributed by atoms with van der Waals surface area (Å²) in [6, 6.07) is 7.88. The first kappa shape index (κ1) is 9.25. The van der Waals surface area contributed by atoms with Gasteiger partial charge in [0.2, 0.25) is 0 Å². The third-order valence-electron chi connectivity index (χ3n) is 2.73. The monoisotopic (exact) mass is 189 g/mol. The van der Waals surface area contributed by atoms with Gasteiger partial charge in [-0.1, -0.05) is 12.1 Å². The van der Waals surface area contributed by atoms with Crippen LogP contribution in [-0.4, -0.2) is 18.9 Å². The van der Waals surface area contributed by atoms with Gasteiger partial charge >= 0.3 is 0 Å². The summed E-state index contributed by atoms with van der Waals surface area (Å²) in [5, 5.41) is 0. The van der Waals surface area contributed by atoms with Gasteiger partial charge in [-0.05, 0) is 31.9 Å². The minimum Gasteiger partial charge on any atom is -0.371 e. The normalized spacial score (nSPS) is 15.9. The summed E-state index contributed by atoms with van der Waals surface area (Å²) < 4.78 is 0. The molecule has 0 atom stereocenters. The SMILES string of the molecule is CC(=O)c1ccccc1N1CCCC1. The van der Waals surface area contributed by atoms with E-state index >= 15 is 0 Å². The summed E-state index contributed by atoms with van der Waals surface area (Å²) in [5.41, 5.74) is 1.96. The van der Waals surface area contributed by atoms with Crippen molar-refractivity contribution in [3.63, 3.8) is 0 Å². The molecule has 2 rings (SSSR count). The van der Waals surface area contributed by atoms with Crippen LogP contribution >= 0.6 is 0 Å². The van der Waals surface area contributed by atoms with Crippen LogP contribution in [0.2, 0.25) is 0 Å². The van der Waals surface area contributed by atoms with Crippen LogP contribution in [0.4, 0.5) is 5.69 Å². The first-order chi connectivity index (χ1) is 6.79. The number of Topliss-reactive ketones (excluding diaryl/α,β-unsaturated/α-hetero) is 1. The van der Waals surface area contributed by atoms with Crippen molar-refractivity contribution in [3.8, 4) is 0 Å². The lowest BCUT2D eigenvalue weighted by molar-refractivity contribution is 0.101. The van der Waals surface area contributed by atoms with E-state index in [0.717, 1.165) is 24.3 Å². The van der Waals surface area contributed by atoms with Gasteiger partial charge in [-0.15, -0.1) is 0 Å². The fourth-order valence-electron chi connectivity index (χ4n) is 2.01. The van der Waals surface area contributed by atoms with E-state index in [1.54, 1.807) is 6.92 Å². The first-order valence-corrected chi connectivity index (χ1v) is 5.14. The smallest absolute Gasteiger partial charge is 0.161 e. The zero-order chi connectivity index (χ0) is 9.97. The molecule has 0 aliphatic carbocycles. The van der Waals surface area contributed by atoms with E-state index in [1.165, 1.54) is 12.8 Å². The van der Waals surface area contributed by atoms with Crippen molar-refractivity contribution in [2.75, 3.05) is 18.0 Å². The van der Waals surface area contributed by atoms with Crippen molar-refractivity contribution in [1.82, 2.24) is 0 Å². The Morgan fingerprint density at radius 1 is 1.21 bits per heavy atom. The summed E-state index contributed by atoms with van der Waals surface area (Å²) in [4.78, 5) is 13.7. The Kier molecular flexibility index (Phi) is 2.53. The van der Waals surface area contributed by atoms with E-state index in [0.29, 0.717) is 0 Å². The Labute approximate surface area is 84.5 Å². The van der Waals surface area contributed by atoms with Crippen molar-refractivity contribution in [1.29, 1.82) is 0 Å². The number of anilines is 1. The molecule has 1 saturated heterocycles. The van der Waals surface area contributed by atoms with Crippen LogP contribution in [-0.2, 0) is 0 Å². The van der Waals surface area contributed by atoms with Gasteiger partial charge < -0.3 is 4.90 Å². The molecule has 2 nitrogen and oxygen atoms in total. The van der Waals surface area contributed by atoms with Crippen molar-refractivity contribution in [2.45, 2.75) is 19.8 Å². The number of hydrogen-bond acceptors (Lipinski definition) is 2. The molecule has 0 N–H and O–H groups in total. The fraction of sp³-hybridized carbons (Fsp3) is 0.417. The number of para-hydroxylation sites is 1. The summed E-state index contributed by atoms with van der Waals surface area (Å²) in [6.07, 6.45) is 2.48. The van der Waals surface area contributed by atoms with Crippen molar-refractivity contribution < 1.29 is 4.79 Å². The highest BCUT2D eigenvalue weighted by Gasteiger charge is 2.16. The predicted octanol–water partition coefficient (Wildman–Crippen LogP) is 2.49. The molecule has 14 heavy (non-hydrogen) atoms. The first-order valence-electron chi connectivity index (χ1n) is 5.14. The van der Waals surface area contributed by atoms with E-state index in [-0.39, 0.29) is 5.78 Å². The molecule has 1 fully saturated rings. The number of rotatable bonds is 2. The Balaban J connectivity index is 2.35. The maximum atomic E-state index is 11.4. The highest BCUT2D eigenvalue weighted by molar-refractivity contribution is 5.99. The Morgan fingerprint density at radius 2 is 1.86 bits per heavy atom. The molecule has 0 unspecified atom stereocenters. The molecule has 0 aromatic heterocycles. The topological polar surface area (TPSA) is 20.3 Å². The van der Waals surface area contributed by atoms with Crippen molar-refractivity contribution in [2.24, 2.45) is 0 Å². The maximum absolute atomic E-state index is 11.4. The highest BCUT2D eigenvalue weighted by atomic mass is 16.1. The highest BCUT2D eigenvalue weighted by Crippen LogP contribution is 2.24. The molecule has 1 aromatic rings. The van der Waals surface area contributed by atoms with Gasteiger partial charge in [0.05, 0.1) is 0 Å². The lowest BCUT2D eigenvalue weighted by Crippen LogP contribution is -2.19. The Morgan fingerprint density at radius 3 is 2.50 bits per heavy atom. The number of nitrogens with zero attached hydrogens (tertiary/aromatic N) is 1. The average Bonchev–Trinajstić information content (AvgIpc) is 2.70. The average molecular weight is 189 g/mol. The zero-order valence-electron chi connectivity index (χ0n) is 8.49. The molecule has 74 valence electrons. The third kappa shape index (κ3) is 1.65. The van der Waals surface area contributed by atoms with E-state index in [9.17, 15) is 4.79 Å². The zero-order valence-corrected chi connectivity index (χ0v) is 8.49. The minimum absolute atomic E-state index is 0.160. The number of carbonyl (C=O) groups is 1. The standard InChI is InChI=1S/C12H15NO/c1-10(14)11-6-2-3-7-12(11)13-8-4-5-9-13/h2-3,6-7H,4-5,8-9H2,1H3. The van der Waals surface area contributed by atoms with E-state index < -0.39 is 0 Å². The molecule has 2 heteroatoms. The molecule has 0 radical (unpaired) electrons. The number of carbonyl (C=O) groups excluding carboxylic acids is 1. The van der Waals surface area contributed by atoms with E-state index in [1.807, 2.05) is 24.3 Å². The summed E-state index contributed by atoms with van der Waals surface area (Å²) in [5.74, 6) is 0.160. The second kappa shape index (κ2) is 3.82. The van der Waals surface area contributed by atoms with E-state index in [4.69, 9.17) is 0 Å². The second-order valence-electron chi connectivity index (χ2n) is 3.77. The lowest BCUT2D eigenvalue weighted by Gasteiger charge is -2.19. The van der Waals surface area contributed by atoms with Crippen LogP contribution in [0, 0.1) is 0 Å². The van der Waals surface area contributed by atoms with Crippen molar-refractivity contribution >= 4 is 11.5 Å². The molecule has 1 heterocycles. The second-order valence-corrected chi connectivity index (χ2v) is 3.77. The van der Waals surface area contributed by atoms with Crippen LogP contribution in [0.25, 0.3) is 0 Å². The van der Waals surface area contributed by atoms with Crippen LogP contribution in [0.3, 0.4) is 0 Å². The van der Waals surface area contributed by atoms with Gasteiger partial charge in [-0.2, -0.15) is 0 Å². The number of benzene rings is 1. The summed E-state index contributed by atoms with van der Waals surface area (Å²) >= 11 is 0. The molecule has 0 bridgehead atoms. The van der Waals surface area contributed by atoms with Gasteiger partial charge in [0.25, 0.3) is 0 Å². The maximum Gasteiger partial charge on any atom is 0.161 e. The van der Waals surface area contributed by atoms with Gasteiger partial charge in [0, 0.05) is 24.3 Å². The minimum atomic E-state index is 0.160. The molecule has 0 amide bonds. The third-order valence-corrected chi connectivity index (χ3v) is 2.73. The van der Waals surface area contributed by atoms with Gasteiger partial charge in [-0.3, -0.25) is 4.79 Å². The van der Waals surface area contributed by atoms with Gasteiger partial charge in [-0.25, -0.2) is 0 Å². The number of hydrogen-bond donors (Lipinski definition) is 0. The molecule has 1 aliphatic rings. The Bertz CT molecular complexity index is 340. The van der Waals surface area contributed by atoms with Crippen LogP contribution < -0.4 is 4.90 Å². The molecule has 1 aliphatic heterocycles. The molecule has 0 saturated carbocycles. The molecular weight excluding hydrogens is 174 g/mol. The molecule has 1 aromatic carbocycles. The van der Waals surface area contributed by atoms with Crippen molar-refractivity contribution in [3.05, 3.63) is 29.8 Å². The van der Waals surface area contributed by atoms with Gasteiger partial charge in [0.15, 0.2) is 5.78 Å². The summed E-state index contributed by atoms with van der Waals surface area (Å²) in [7, 11) is 0.